The zero-order valence-corrected chi connectivity index (χ0v) is 18.9. The summed E-state index contributed by atoms with van der Waals surface area (Å²) in [4.78, 5) is 23.5. The molecule has 0 radical (unpaired) electrons. The minimum atomic E-state index is -0.494. The summed E-state index contributed by atoms with van der Waals surface area (Å²) in [6, 6.07) is 1.87. The van der Waals surface area contributed by atoms with E-state index in [-0.39, 0.29) is 28.6 Å². The maximum atomic E-state index is 11.7. The maximum absolute atomic E-state index is 11.7. The quantitative estimate of drug-likeness (QED) is 0.169. The van der Waals surface area contributed by atoms with Gasteiger partial charge in [-0.05, 0) is 44.0 Å². The highest BCUT2D eigenvalue weighted by Gasteiger charge is 2.28. The Morgan fingerprint density at radius 1 is 1.16 bits per heavy atom. The molecule has 0 atom stereocenters. The van der Waals surface area contributed by atoms with E-state index in [1.165, 1.54) is 10.9 Å². The third-order valence-electron chi connectivity index (χ3n) is 4.83. The van der Waals surface area contributed by atoms with Gasteiger partial charge in [-0.2, -0.15) is 10.1 Å². The first kappa shape index (κ1) is 21.9. The van der Waals surface area contributed by atoms with Crippen LogP contribution in [0.25, 0.3) is 16.7 Å². The van der Waals surface area contributed by atoms with Gasteiger partial charge < -0.3 is 4.74 Å². The summed E-state index contributed by atoms with van der Waals surface area (Å²) in [5.74, 6) is -0.0536. The van der Waals surface area contributed by atoms with Crippen molar-refractivity contribution < 1.29 is 9.66 Å². The van der Waals surface area contributed by atoms with E-state index in [9.17, 15) is 10.1 Å². The molecule has 0 aliphatic rings. The molecule has 0 N–H and O–H groups in total. The van der Waals surface area contributed by atoms with Crippen molar-refractivity contribution in [2.75, 3.05) is 6.61 Å². The van der Waals surface area contributed by atoms with Crippen molar-refractivity contribution >= 4 is 39.9 Å². The summed E-state index contributed by atoms with van der Waals surface area (Å²) in [5.41, 5.74) is 2.96. The number of rotatable bonds is 7. The molecule has 4 aromatic rings. The van der Waals surface area contributed by atoms with Gasteiger partial charge >= 0.3 is 11.6 Å². The Labute approximate surface area is 192 Å². The van der Waals surface area contributed by atoms with E-state index in [0.29, 0.717) is 41.1 Å². The first-order chi connectivity index (χ1) is 15.3. The van der Waals surface area contributed by atoms with Gasteiger partial charge in [-0.25, -0.2) is 14.3 Å². The molecule has 0 spiro atoms. The van der Waals surface area contributed by atoms with Crippen LogP contribution in [0.2, 0.25) is 10.4 Å². The van der Waals surface area contributed by atoms with Crippen molar-refractivity contribution in [1.29, 1.82) is 0 Å². The number of ether oxygens (including phenoxy) is 1. The van der Waals surface area contributed by atoms with Gasteiger partial charge in [0, 0.05) is 25.4 Å². The van der Waals surface area contributed by atoms with E-state index >= 15 is 0 Å². The molecule has 4 rings (SSSR count). The molecular weight excluding hydrogens is 459 g/mol. The Hall–Kier alpha value is -3.31. The summed E-state index contributed by atoms with van der Waals surface area (Å²) in [5, 5.41) is 21.2. The van der Waals surface area contributed by atoms with Crippen molar-refractivity contribution in [3.05, 3.63) is 56.0 Å². The van der Waals surface area contributed by atoms with Crippen LogP contribution in [-0.2, 0) is 6.54 Å². The molecule has 11 nitrogen and oxygen atoms in total. The van der Waals surface area contributed by atoms with Crippen LogP contribution >= 0.6 is 23.2 Å². The first-order valence-corrected chi connectivity index (χ1v) is 10.4. The van der Waals surface area contributed by atoms with Gasteiger partial charge in [0.1, 0.15) is 5.69 Å². The highest BCUT2D eigenvalue weighted by Crippen LogP contribution is 2.32. The predicted octanol–water partition coefficient (Wildman–Crippen LogP) is 4.02. The molecule has 0 aliphatic carbocycles. The Bertz CT molecular complexity index is 1330. The number of hydrogen-bond acceptors (Lipinski definition) is 8. The summed E-state index contributed by atoms with van der Waals surface area (Å²) >= 11 is 12.0. The van der Waals surface area contributed by atoms with Gasteiger partial charge in [-0.3, -0.25) is 15.1 Å². The summed E-state index contributed by atoms with van der Waals surface area (Å²) in [7, 11) is 0. The zero-order chi connectivity index (χ0) is 23.0. The van der Waals surface area contributed by atoms with Gasteiger partial charge in [-0.15, -0.1) is 5.10 Å². The maximum Gasteiger partial charge on any atom is 0.353 e. The highest BCUT2D eigenvalue weighted by atomic mass is 35.5. The molecular formula is C19H18Cl2N8O3. The third-order valence-corrected chi connectivity index (χ3v) is 5.29. The normalized spacial score (nSPS) is 11.3. The highest BCUT2D eigenvalue weighted by molar-refractivity contribution is 6.34. The number of pyridine rings is 1. The number of halogens is 2. The monoisotopic (exact) mass is 476 g/mol. The molecule has 4 heterocycles. The van der Waals surface area contributed by atoms with Gasteiger partial charge in [0.15, 0.2) is 10.8 Å². The fourth-order valence-corrected chi connectivity index (χ4v) is 3.64. The molecule has 0 saturated heterocycles. The average Bonchev–Trinajstić information content (AvgIpc) is 3.23. The summed E-state index contributed by atoms with van der Waals surface area (Å²) in [6.45, 7) is 5.91. The van der Waals surface area contributed by atoms with Crippen molar-refractivity contribution in [1.82, 2.24) is 34.5 Å². The smallest absolute Gasteiger partial charge is 0.353 e. The Kier molecular flexibility index (Phi) is 5.94. The van der Waals surface area contributed by atoms with Crippen LogP contribution in [0.1, 0.15) is 23.4 Å². The van der Waals surface area contributed by atoms with E-state index in [1.807, 2.05) is 19.9 Å². The van der Waals surface area contributed by atoms with E-state index in [1.54, 1.807) is 17.8 Å². The molecule has 4 aromatic heterocycles. The predicted molar refractivity (Wildman–Crippen MR) is 118 cm³/mol. The number of nitro groups is 1. The molecule has 32 heavy (non-hydrogen) atoms. The Morgan fingerprint density at radius 3 is 2.69 bits per heavy atom. The lowest BCUT2D eigenvalue weighted by Gasteiger charge is -2.07. The summed E-state index contributed by atoms with van der Waals surface area (Å²) in [6.07, 6.45) is 3.71. The lowest BCUT2D eigenvalue weighted by atomic mass is 10.2. The Balaban J connectivity index is 1.53. The van der Waals surface area contributed by atoms with E-state index in [2.05, 4.69) is 25.1 Å². The molecule has 0 unspecified atom stereocenters. The number of fused-ring (bicyclic) bond motifs is 1. The van der Waals surface area contributed by atoms with Crippen LogP contribution in [0.15, 0.2) is 18.5 Å². The largest absolute Gasteiger partial charge is 0.472 e. The summed E-state index contributed by atoms with van der Waals surface area (Å²) < 4.78 is 8.77. The van der Waals surface area contributed by atoms with Crippen LogP contribution < -0.4 is 4.74 Å². The molecule has 0 fully saturated rings. The molecule has 0 bridgehead atoms. The van der Waals surface area contributed by atoms with Crippen molar-refractivity contribution in [3.63, 3.8) is 0 Å². The molecule has 0 saturated carbocycles. The second-order valence-corrected chi connectivity index (χ2v) is 7.81. The SMILES string of the molecule is Cc1cnc(C)c(-n2nc(OCCCn3nc(Cl)c4cnc(Cl)nc43)c([N+](=O)[O-])c2C)c1. The number of aryl methyl sites for hydroxylation is 3. The van der Waals surface area contributed by atoms with Crippen LogP contribution in [-0.4, -0.2) is 46.0 Å². The lowest BCUT2D eigenvalue weighted by molar-refractivity contribution is -0.386. The Morgan fingerprint density at radius 2 is 1.94 bits per heavy atom. The van der Waals surface area contributed by atoms with Gasteiger partial charge in [0.2, 0.25) is 5.28 Å². The zero-order valence-electron chi connectivity index (χ0n) is 17.4. The van der Waals surface area contributed by atoms with Gasteiger partial charge in [-0.1, -0.05) is 11.6 Å². The van der Waals surface area contributed by atoms with Crippen molar-refractivity contribution in [3.8, 4) is 11.6 Å². The fraction of sp³-hybridized carbons (Fsp3) is 0.316. The number of nitrogens with zero attached hydrogens (tertiary/aromatic N) is 8. The minimum absolute atomic E-state index is 0.0536. The first-order valence-electron chi connectivity index (χ1n) is 9.61. The molecule has 166 valence electrons. The molecule has 0 amide bonds. The van der Waals surface area contributed by atoms with E-state index in [0.717, 1.165) is 5.56 Å². The topological polar surface area (TPSA) is 127 Å². The molecule has 0 aliphatic heterocycles. The minimum Gasteiger partial charge on any atom is -0.472 e. The average molecular weight is 477 g/mol. The van der Waals surface area contributed by atoms with Gasteiger partial charge in [0.05, 0.1) is 28.3 Å². The van der Waals surface area contributed by atoms with E-state index in [4.69, 9.17) is 27.9 Å². The van der Waals surface area contributed by atoms with Crippen LogP contribution in [0, 0.1) is 30.9 Å². The van der Waals surface area contributed by atoms with Crippen molar-refractivity contribution in [2.45, 2.75) is 33.7 Å². The molecule has 13 heteroatoms. The fourth-order valence-electron chi connectivity index (χ4n) is 3.29. The third kappa shape index (κ3) is 4.08. The molecule has 0 aromatic carbocycles. The number of hydrogen-bond donors (Lipinski definition) is 0. The van der Waals surface area contributed by atoms with Crippen LogP contribution in [0.5, 0.6) is 5.88 Å². The second kappa shape index (κ2) is 8.67. The second-order valence-electron chi connectivity index (χ2n) is 7.12. The number of aromatic nitrogens is 7. The lowest BCUT2D eigenvalue weighted by Crippen LogP contribution is -2.08. The van der Waals surface area contributed by atoms with Gasteiger partial charge in [0.25, 0.3) is 0 Å². The standard InChI is InChI=1S/C19H18Cl2N8O3/c1-10-7-14(11(2)22-8-10)28-12(3)15(29(30)31)18(26-28)32-6-4-5-27-17-13(16(20)25-27)9-23-19(21)24-17/h7-9H,4-6H2,1-3H3. The van der Waals surface area contributed by atoms with Crippen LogP contribution in [0.4, 0.5) is 5.69 Å². The van der Waals surface area contributed by atoms with Crippen molar-refractivity contribution in [2.24, 2.45) is 0 Å². The van der Waals surface area contributed by atoms with E-state index < -0.39 is 4.92 Å². The van der Waals surface area contributed by atoms with Crippen LogP contribution in [0.3, 0.4) is 0 Å².